The maximum Gasteiger partial charge on any atom is 0.414 e. The van der Waals surface area contributed by atoms with Gasteiger partial charge in [0.2, 0.25) is 0 Å². The van der Waals surface area contributed by atoms with Crippen molar-refractivity contribution in [3.63, 3.8) is 0 Å². The largest absolute Gasteiger partial charge is 0.444 e. The highest BCUT2D eigenvalue weighted by molar-refractivity contribution is 5.72. The molecule has 5 heteroatoms. The Morgan fingerprint density at radius 2 is 2.19 bits per heavy atom. The Labute approximate surface area is 122 Å². The van der Waals surface area contributed by atoms with E-state index in [0.717, 1.165) is 22.4 Å². The number of nitrogens with zero attached hydrogens (tertiary/aromatic N) is 2. The molecule has 3 rings (SSSR count). The number of ether oxygens (including phenoxy) is 1. The summed E-state index contributed by atoms with van der Waals surface area (Å²) in [6.45, 7) is 4.33. The minimum atomic E-state index is -0.374. The Balaban J connectivity index is 1.65. The number of carbonyl (C=O) groups is 1. The van der Waals surface area contributed by atoms with Gasteiger partial charge in [0.15, 0.2) is 0 Å². The quantitative estimate of drug-likeness (QED) is 0.848. The maximum atomic E-state index is 12.1. The van der Waals surface area contributed by atoms with Crippen molar-refractivity contribution < 1.29 is 14.1 Å². The van der Waals surface area contributed by atoms with Crippen molar-refractivity contribution in [1.82, 2.24) is 10.1 Å². The zero-order valence-electron chi connectivity index (χ0n) is 12.0. The average Bonchev–Trinajstić information content (AvgIpc) is 2.83. The highest BCUT2D eigenvalue weighted by atomic mass is 16.6. The van der Waals surface area contributed by atoms with Crippen LogP contribution in [-0.4, -0.2) is 16.1 Å². The summed E-state index contributed by atoms with van der Waals surface area (Å²) in [5, 5.41) is 3.84. The predicted octanol–water partition coefficient (Wildman–Crippen LogP) is 3.41. The molecule has 0 N–H and O–H groups in total. The Morgan fingerprint density at radius 3 is 2.95 bits per heavy atom. The second kappa shape index (κ2) is 5.44. The molecule has 0 aliphatic carbocycles. The second-order valence-corrected chi connectivity index (χ2v) is 5.00. The molecule has 2 heterocycles. The Hall–Kier alpha value is -2.56. The summed E-state index contributed by atoms with van der Waals surface area (Å²) < 4.78 is 10.4. The van der Waals surface area contributed by atoms with Crippen LogP contribution in [0.4, 0.5) is 4.79 Å². The van der Waals surface area contributed by atoms with Gasteiger partial charge in [0, 0.05) is 6.20 Å². The van der Waals surface area contributed by atoms with Crippen LogP contribution in [0.2, 0.25) is 0 Å². The monoisotopic (exact) mass is 284 g/mol. The molecule has 0 unspecified atom stereocenters. The van der Waals surface area contributed by atoms with Gasteiger partial charge >= 0.3 is 6.09 Å². The lowest BCUT2D eigenvalue weighted by atomic mass is 10.1. The smallest absolute Gasteiger partial charge is 0.414 e. The summed E-state index contributed by atoms with van der Waals surface area (Å²) in [6, 6.07) is 7.98. The van der Waals surface area contributed by atoms with Gasteiger partial charge in [-0.05, 0) is 31.1 Å². The van der Waals surface area contributed by atoms with Crippen molar-refractivity contribution in [1.29, 1.82) is 0 Å². The van der Waals surface area contributed by atoms with E-state index in [1.165, 1.54) is 0 Å². The van der Waals surface area contributed by atoms with Crippen molar-refractivity contribution in [2.75, 3.05) is 0 Å². The van der Waals surface area contributed by atoms with Crippen LogP contribution in [0.25, 0.3) is 6.08 Å². The normalized spacial score (nSPS) is 13.1. The van der Waals surface area contributed by atoms with Gasteiger partial charge in [-0.3, -0.25) is 4.90 Å². The average molecular weight is 284 g/mol. The Bertz CT molecular complexity index is 684. The van der Waals surface area contributed by atoms with E-state index in [1.807, 2.05) is 37.3 Å². The third-order valence-electron chi connectivity index (χ3n) is 3.59. The zero-order valence-corrected chi connectivity index (χ0v) is 12.0. The number of hydrogen-bond donors (Lipinski definition) is 0. The molecule has 0 saturated heterocycles. The van der Waals surface area contributed by atoms with Crippen molar-refractivity contribution in [2.45, 2.75) is 27.0 Å². The maximum absolute atomic E-state index is 12.1. The molecule has 0 radical (unpaired) electrons. The van der Waals surface area contributed by atoms with Gasteiger partial charge in [0.05, 0.1) is 17.8 Å². The first kappa shape index (κ1) is 13.4. The topological polar surface area (TPSA) is 55.6 Å². The standard InChI is InChI=1S/C16H16N2O3/c1-11-15(12(2)21-17-11)10-20-16(19)18-8-7-13-5-3-4-6-14(13)9-18/h3-8H,9-10H2,1-2H3. The summed E-state index contributed by atoms with van der Waals surface area (Å²) in [4.78, 5) is 13.7. The van der Waals surface area contributed by atoms with E-state index in [9.17, 15) is 4.79 Å². The van der Waals surface area contributed by atoms with Crippen molar-refractivity contribution >= 4 is 12.2 Å². The fourth-order valence-corrected chi connectivity index (χ4v) is 2.30. The van der Waals surface area contributed by atoms with Gasteiger partial charge in [-0.2, -0.15) is 0 Å². The van der Waals surface area contributed by atoms with E-state index in [4.69, 9.17) is 9.26 Å². The summed E-state index contributed by atoms with van der Waals surface area (Å²) >= 11 is 0. The second-order valence-electron chi connectivity index (χ2n) is 5.00. The number of fused-ring (bicyclic) bond motifs is 1. The van der Waals surface area contributed by atoms with E-state index in [2.05, 4.69) is 5.16 Å². The molecule has 21 heavy (non-hydrogen) atoms. The minimum Gasteiger partial charge on any atom is -0.444 e. The van der Waals surface area contributed by atoms with Crippen LogP contribution in [0, 0.1) is 13.8 Å². The molecule has 1 aromatic carbocycles. The summed E-state index contributed by atoms with van der Waals surface area (Å²) in [5.41, 5.74) is 3.81. The highest BCUT2D eigenvalue weighted by Gasteiger charge is 2.19. The molecule has 5 nitrogen and oxygen atoms in total. The Kier molecular flexibility index (Phi) is 3.48. The number of amides is 1. The van der Waals surface area contributed by atoms with Crippen LogP contribution >= 0.6 is 0 Å². The third-order valence-corrected chi connectivity index (χ3v) is 3.59. The molecule has 1 aromatic heterocycles. The molecule has 0 atom stereocenters. The number of hydrogen-bond acceptors (Lipinski definition) is 4. The summed E-state index contributed by atoms with van der Waals surface area (Å²) in [7, 11) is 0. The van der Waals surface area contributed by atoms with E-state index in [0.29, 0.717) is 12.3 Å². The fraction of sp³-hybridized carbons (Fsp3) is 0.250. The number of carbonyl (C=O) groups excluding carboxylic acids is 1. The highest BCUT2D eigenvalue weighted by Crippen LogP contribution is 2.20. The summed E-state index contributed by atoms with van der Waals surface area (Å²) in [5.74, 6) is 0.680. The van der Waals surface area contributed by atoms with Crippen molar-refractivity contribution in [3.05, 3.63) is 58.6 Å². The van der Waals surface area contributed by atoms with Crippen LogP contribution in [0.5, 0.6) is 0 Å². The molecule has 0 saturated carbocycles. The van der Waals surface area contributed by atoms with Crippen molar-refractivity contribution in [3.8, 4) is 0 Å². The van der Waals surface area contributed by atoms with Crippen LogP contribution in [0.1, 0.15) is 28.1 Å². The first-order chi connectivity index (χ1) is 10.1. The van der Waals surface area contributed by atoms with E-state index in [1.54, 1.807) is 18.0 Å². The number of benzene rings is 1. The van der Waals surface area contributed by atoms with Gasteiger partial charge in [-0.1, -0.05) is 29.4 Å². The third kappa shape index (κ3) is 2.67. The molecular weight excluding hydrogens is 268 g/mol. The van der Waals surface area contributed by atoms with Crippen LogP contribution < -0.4 is 0 Å². The van der Waals surface area contributed by atoms with Crippen LogP contribution in [-0.2, 0) is 17.9 Å². The van der Waals surface area contributed by atoms with Gasteiger partial charge in [-0.25, -0.2) is 4.79 Å². The molecule has 1 amide bonds. The van der Waals surface area contributed by atoms with Crippen molar-refractivity contribution in [2.24, 2.45) is 0 Å². The van der Waals surface area contributed by atoms with Gasteiger partial charge < -0.3 is 9.26 Å². The minimum absolute atomic E-state index is 0.173. The zero-order chi connectivity index (χ0) is 14.8. The molecule has 108 valence electrons. The molecular formula is C16H16N2O3. The predicted molar refractivity (Wildman–Crippen MR) is 77.2 cm³/mol. The van der Waals surface area contributed by atoms with Crippen LogP contribution in [0.3, 0.4) is 0 Å². The van der Waals surface area contributed by atoms with Gasteiger partial charge in [-0.15, -0.1) is 0 Å². The van der Waals surface area contributed by atoms with Gasteiger partial charge in [0.25, 0.3) is 0 Å². The van der Waals surface area contributed by atoms with Gasteiger partial charge in [0.1, 0.15) is 12.4 Å². The first-order valence-corrected chi connectivity index (χ1v) is 6.76. The van der Waals surface area contributed by atoms with Crippen LogP contribution in [0.15, 0.2) is 35.0 Å². The number of aryl methyl sites for hydroxylation is 2. The molecule has 1 aliphatic rings. The lowest BCUT2D eigenvalue weighted by molar-refractivity contribution is 0.108. The molecule has 0 fully saturated rings. The Morgan fingerprint density at radius 1 is 1.38 bits per heavy atom. The first-order valence-electron chi connectivity index (χ1n) is 6.76. The van der Waals surface area contributed by atoms with E-state index in [-0.39, 0.29) is 12.7 Å². The fourth-order valence-electron chi connectivity index (χ4n) is 2.30. The van der Waals surface area contributed by atoms with E-state index < -0.39 is 0 Å². The van der Waals surface area contributed by atoms with E-state index >= 15 is 0 Å². The lowest BCUT2D eigenvalue weighted by Gasteiger charge is -2.22. The number of rotatable bonds is 2. The lowest BCUT2D eigenvalue weighted by Crippen LogP contribution is -2.28. The SMILES string of the molecule is Cc1noc(C)c1COC(=O)N1C=Cc2ccccc2C1. The molecule has 2 aromatic rings. The summed E-state index contributed by atoms with van der Waals surface area (Å²) in [6.07, 6.45) is 3.29. The molecule has 1 aliphatic heterocycles. The molecule has 0 spiro atoms. The molecule has 0 bridgehead atoms. The number of aromatic nitrogens is 1.